The number of rotatable bonds is 7. The molecule has 0 atom stereocenters. The largest absolute Gasteiger partial charge is 0.394 e. The van der Waals surface area contributed by atoms with Gasteiger partial charge in [-0.2, -0.15) is 5.26 Å². The molecular weight excluding hydrogens is 284 g/mol. The quantitative estimate of drug-likeness (QED) is 0.757. The summed E-state index contributed by atoms with van der Waals surface area (Å²) < 4.78 is 6.02. The van der Waals surface area contributed by atoms with Gasteiger partial charge in [0, 0.05) is 23.3 Å². The molecule has 1 aromatic rings. The van der Waals surface area contributed by atoms with E-state index in [2.05, 4.69) is 27.3 Å². The van der Waals surface area contributed by atoms with Gasteiger partial charge in [0.2, 0.25) is 0 Å². The summed E-state index contributed by atoms with van der Waals surface area (Å²) in [6.07, 6.45) is 0.856. The van der Waals surface area contributed by atoms with Crippen LogP contribution in [-0.2, 0) is 4.74 Å². The summed E-state index contributed by atoms with van der Waals surface area (Å²) in [6, 6.07) is 7.61. The summed E-state index contributed by atoms with van der Waals surface area (Å²) >= 11 is 3.35. The Labute approximate surface area is 109 Å². The summed E-state index contributed by atoms with van der Waals surface area (Å²) in [5.41, 5.74) is 1.54. The van der Waals surface area contributed by atoms with Crippen LogP contribution in [0.2, 0.25) is 0 Å². The second-order valence-corrected chi connectivity index (χ2v) is 4.37. The van der Waals surface area contributed by atoms with Crippen molar-refractivity contribution in [3.8, 4) is 6.07 Å². The van der Waals surface area contributed by atoms with Gasteiger partial charge in [0.1, 0.15) is 0 Å². The molecule has 0 aromatic heterocycles. The van der Waals surface area contributed by atoms with Crippen molar-refractivity contribution in [3.63, 3.8) is 0 Å². The van der Waals surface area contributed by atoms with E-state index in [-0.39, 0.29) is 6.61 Å². The average molecular weight is 299 g/mol. The number of aliphatic hydroxyl groups excluding tert-OH is 1. The van der Waals surface area contributed by atoms with Crippen LogP contribution in [0.25, 0.3) is 0 Å². The average Bonchev–Trinajstić information content (AvgIpc) is 2.33. The van der Waals surface area contributed by atoms with Crippen molar-refractivity contribution in [2.24, 2.45) is 0 Å². The van der Waals surface area contributed by atoms with E-state index in [4.69, 9.17) is 15.1 Å². The Hall–Kier alpha value is -1.09. The molecule has 0 amide bonds. The number of nitrogens with zero attached hydrogens (tertiary/aromatic N) is 1. The van der Waals surface area contributed by atoms with Crippen molar-refractivity contribution in [3.05, 3.63) is 28.2 Å². The van der Waals surface area contributed by atoms with E-state index in [0.29, 0.717) is 18.8 Å². The van der Waals surface area contributed by atoms with Gasteiger partial charge in [-0.1, -0.05) is 15.9 Å². The summed E-state index contributed by atoms with van der Waals surface area (Å²) in [6.45, 7) is 1.83. The van der Waals surface area contributed by atoms with E-state index in [1.54, 1.807) is 12.1 Å². The number of benzene rings is 1. The highest BCUT2D eigenvalue weighted by Gasteiger charge is 1.98. The molecule has 0 aliphatic rings. The molecule has 0 unspecified atom stereocenters. The van der Waals surface area contributed by atoms with E-state index >= 15 is 0 Å². The molecule has 92 valence electrons. The predicted octanol–water partition coefficient (Wildman–Crippen LogP) is 2.13. The smallest absolute Gasteiger partial charge is 0.0992 e. The van der Waals surface area contributed by atoms with E-state index in [0.717, 1.165) is 23.1 Å². The van der Waals surface area contributed by atoms with Crippen molar-refractivity contribution < 1.29 is 9.84 Å². The van der Waals surface area contributed by atoms with Gasteiger partial charge >= 0.3 is 0 Å². The van der Waals surface area contributed by atoms with E-state index in [9.17, 15) is 0 Å². The second kappa shape index (κ2) is 8.07. The Balaban J connectivity index is 2.32. The van der Waals surface area contributed by atoms with Crippen molar-refractivity contribution in [2.45, 2.75) is 6.42 Å². The second-order valence-electron chi connectivity index (χ2n) is 3.46. The minimum absolute atomic E-state index is 0.0601. The Morgan fingerprint density at radius 3 is 2.88 bits per heavy atom. The monoisotopic (exact) mass is 298 g/mol. The molecule has 0 spiro atoms. The van der Waals surface area contributed by atoms with Gasteiger partial charge in [-0.25, -0.2) is 0 Å². The maximum absolute atomic E-state index is 8.81. The minimum atomic E-state index is 0.0601. The zero-order valence-corrected chi connectivity index (χ0v) is 11.0. The number of hydrogen-bond donors (Lipinski definition) is 2. The molecule has 0 heterocycles. The van der Waals surface area contributed by atoms with Crippen LogP contribution in [0.4, 0.5) is 5.69 Å². The van der Waals surface area contributed by atoms with Gasteiger partial charge in [0.25, 0.3) is 0 Å². The molecule has 2 N–H and O–H groups in total. The first-order valence-corrected chi connectivity index (χ1v) is 6.18. The van der Waals surface area contributed by atoms with Crippen LogP contribution in [0.3, 0.4) is 0 Å². The maximum Gasteiger partial charge on any atom is 0.0992 e. The number of nitrogens with one attached hydrogen (secondary N) is 1. The van der Waals surface area contributed by atoms with Crippen LogP contribution in [0, 0.1) is 11.3 Å². The van der Waals surface area contributed by atoms with E-state index < -0.39 is 0 Å². The fourth-order valence-electron chi connectivity index (χ4n) is 1.33. The Bertz CT molecular complexity index is 391. The highest BCUT2D eigenvalue weighted by Crippen LogP contribution is 2.19. The normalized spacial score (nSPS) is 9.94. The van der Waals surface area contributed by atoms with Crippen molar-refractivity contribution in [1.82, 2.24) is 0 Å². The maximum atomic E-state index is 8.81. The van der Waals surface area contributed by atoms with Crippen LogP contribution in [0.15, 0.2) is 22.7 Å². The van der Waals surface area contributed by atoms with Crippen LogP contribution in [-0.4, -0.2) is 31.5 Å². The SMILES string of the molecule is N#Cc1cc(Br)cc(NCCCOCCO)c1. The summed E-state index contributed by atoms with van der Waals surface area (Å²) in [4.78, 5) is 0. The standard InChI is InChI=1S/C12H15BrN2O2/c13-11-6-10(9-14)7-12(8-11)15-2-1-4-17-5-3-16/h6-8,15-16H,1-5H2. The minimum Gasteiger partial charge on any atom is -0.394 e. The fourth-order valence-corrected chi connectivity index (χ4v) is 1.82. The highest BCUT2D eigenvalue weighted by atomic mass is 79.9. The lowest BCUT2D eigenvalue weighted by molar-refractivity contribution is 0.0922. The number of anilines is 1. The lowest BCUT2D eigenvalue weighted by Crippen LogP contribution is -2.07. The number of hydrogen-bond acceptors (Lipinski definition) is 4. The molecule has 0 saturated heterocycles. The summed E-state index contributed by atoms with van der Waals surface area (Å²) in [7, 11) is 0. The van der Waals surface area contributed by atoms with Crippen LogP contribution in [0.1, 0.15) is 12.0 Å². The molecule has 0 saturated carbocycles. The molecule has 0 aliphatic carbocycles. The topological polar surface area (TPSA) is 65.3 Å². The molecule has 0 radical (unpaired) electrons. The van der Waals surface area contributed by atoms with Gasteiger partial charge in [-0.05, 0) is 24.6 Å². The van der Waals surface area contributed by atoms with Crippen molar-refractivity contribution in [2.75, 3.05) is 31.7 Å². The van der Waals surface area contributed by atoms with Crippen LogP contribution >= 0.6 is 15.9 Å². The first kappa shape index (κ1) is 14.0. The molecule has 5 heteroatoms. The summed E-state index contributed by atoms with van der Waals surface area (Å²) in [5, 5.41) is 20.5. The van der Waals surface area contributed by atoms with Gasteiger partial charge in [-0.3, -0.25) is 0 Å². The van der Waals surface area contributed by atoms with Gasteiger partial charge < -0.3 is 15.2 Å². The molecule has 0 bridgehead atoms. The number of nitriles is 1. The third-order valence-electron chi connectivity index (χ3n) is 2.06. The summed E-state index contributed by atoms with van der Waals surface area (Å²) in [5.74, 6) is 0. The first-order valence-electron chi connectivity index (χ1n) is 5.39. The molecule has 0 aliphatic heterocycles. The van der Waals surface area contributed by atoms with Crippen molar-refractivity contribution >= 4 is 21.6 Å². The molecule has 4 nitrogen and oxygen atoms in total. The van der Waals surface area contributed by atoms with E-state index in [1.807, 2.05) is 6.07 Å². The predicted molar refractivity (Wildman–Crippen MR) is 69.9 cm³/mol. The lowest BCUT2D eigenvalue weighted by atomic mass is 10.2. The van der Waals surface area contributed by atoms with Crippen molar-refractivity contribution in [1.29, 1.82) is 5.26 Å². The number of ether oxygens (including phenoxy) is 1. The molecule has 1 aromatic carbocycles. The van der Waals surface area contributed by atoms with Gasteiger partial charge in [-0.15, -0.1) is 0 Å². The Kier molecular flexibility index (Phi) is 6.63. The third-order valence-corrected chi connectivity index (χ3v) is 2.51. The number of halogens is 1. The van der Waals surface area contributed by atoms with Crippen LogP contribution in [0.5, 0.6) is 0 Å². The zero-order valence-electron chi connectivity index (χ0n) is 9.45. The third kappa shape index (κ3) is 5.68. The lowest BCUT2D eigenvalue weighted by Gasteiger charge is -2.07. The van der Waals surface area contributed by atoms with Gasteiger partial charge in [0.15, 0.2) is 0 Å². The first-order chi connectivity index (χ1) is 8.26. The highest BCUT2D eigenvalue weighted by molar-refractivity contribution is 9.10. The molecule has 17 heavy (non-hydrogen) atoms. The Morgan fingerprint density at radius 2 is 2.18 bits per heavy atom. The molecule has 0 fully saturated rings. The van der Waals surface area contributed by atoms with E-state index in [1.165, 1.54) is 0 Å². The molecular formula is C12H15BrN2O2. The van der Waals surface area contributed by atoms with Crippen LogP contribution < -0.4 is 5.32 Å². The fraction of sp³-hybridized carbons (Fsp3) is 0.417. The van der Waals surface area contributed by atoms with Gasteiger partial charge in [0.05, 0.1) is 24.8 Å². The molecule has 1 rings (SSSR count). The zero-order chi connectivity index (χ0) is 12.5. The number of aliphatic hydroxyl groups is 1. The Morgan fingerprint density at radius 1 is 1.35 bits per heavy atom.